The molecule has 6 nitrogen and oxygen atoms in total. The number of nitrogens with zero attached hydrogens (tertiary/aromatic N) is 3. The van der Waals surface area contributed by atoms with Gasteiger partial charge in [0.1, 0.15) is 5.82 Å². The van der Waals surface area contributed by atoms with Gasteiger partial charge >= 0.3 is 0 Å². The van der Waals surface area contributed by atoms with E-state index in [0.717, 1.165) is 16.7 Å². The monoisotopic (exact) mass is 395 g/mol. The smallest absolute Gasteiger partial charge is 0.237 e. The van der Waals surface area contributed by atoms with Gasteiger partial charge in [0.2, 0.25) is 5.91 Å². The van der Waals surface area contributed by atoms with E-state index in [-0.39, 0.29) is 5.91 Å². The first-order valence-electron chi connectivity index (χ1n) is 9.67. The summed E-state index contributed by atoms with van der Waals surface area (Å²) in [5.41, 5.74) is 2.94. The van der Waals surface area contributed by atoms with Gasteiger partial charge in [0.25, 0.3) is 0 Å². The van der Waals surface area contributed by atoms with Crippen molar-refractivity contribution in [2.45, 2.75) is 12.5 Å². The zero-order valence-corrected chi connectivity index (χ0v) is 16.3. The Kier molecular flexibility index (Phi) is 6.05. The van der Waals surface area contributed by atoms with E-state index in [1.165, 1.54) is 0 Å². The molecular weight excluding hydrogens is 374 g/mol. The zero-order valence-electron chi connectivity index (χ0n) is 16.3. The maximum absolute atomic E-state index is 13.1. The van der Waals surface area contributed by atoms with Gasteiger partial charge in [-0.25, -0.2) is 0 Å². The van der Waals surface area contributed by atoms with Crippen molar-refractivity contribution in [3.05, 3.63) is 114 Å². The molecule has 1 amide bonds. The summed E-state index contributed by atoms with van der Waals surface area (Å²) in [7, 11) is 0. The van der Waals surface area contributed by atoms with E-state index in [0.29, 0.717) is 18.2 Å². The number of amides is 1. The average molecular weight is 395 g/mol. The van der Waals surface area contributed by atoms with Crippen LogP contribution in [0, 0.1) is 0 Å². The molecule has 0 saturated heterocycles. The molecule has 0 aliphatic heterocycles. The third-order valence-corrected chi connectivity index (χ3v) is 4.67. The third kappa shape index (κ3) is 4.86. The van der Waals surface area contributed by atoms with Gasteiger partial charge in [-0.15, -0.1) is 10.2 Å². The Hall–Kier alpha value is -4.06. The first kappa shape index (κ1) is 19.3. The van der Waals surface area contributed by atoms with Gasteiger partial charge in [-0.2, -0.15) is 0 Å². The van der Waals surface area contributed by atoms with Crippen LogP contribution in [-0.2, 0) is 11.3 Å². The molecule has 4 rings (SSSR count). The van der Waals surface area contributed by atoms with Gasteiger partial charge < -0.3 is 10.6 Å². The predicted molar refractivity (Wildman–Crippen MR) is 117 cm³/mol. The molecule has 0 aliphatic rings. The van der Waals surface area contributed by atoms with Crippen LogP contribution in [0.4, 0.5) is 11.6 Å². The van der Waals surface area contributed by atoms with E-state index in [9.17, 15) is 4.79 Å². The van der Waals surface area contributed by atoms with Crippen LogP contribution >= 0.6 is 0 Å². The molecule has 4 aromatic rings. The van der Waals surface area contributed by atoms with Gasteiger partial charge in [0.15, 0.2) is 5.82 Å². The van der Waals surface area contributed by atoms with Crippen LogP contribution in [0.2, 0.25) is 0 Å². The Balaban J connectivity index is 1.46. The van der Waals surface area contributed by atoms with E-state index in [1.54, 1.807) is 24.5 Å². The van der Waals surface area contributed by atoms with Crippen LogP contribution < -0.4 is 10.6 Å². The lowest BCUT2D eigenvalue weighted by molar-refractivity contribution is -0.116. The van der Waals surface area contributed by atoms with E-state index in [2.05, 4.69) is 25.8 Å². The van der Waals surface area contributed by atoms with Crippen molar-refractivity contribution in [1.82, 2.24) is 15.2 Å². The molecule has 0 unspecified atom stereocenters. The number of aromatic nitrogens is 3. The topological polar surface area (TPSA) is 79.8 Å². The largest absolute Gasteiger partial charge is 0.365 e. The molecule has 148 valence electrons. The summed E-state index contributed by atoms with van der Waals surface area (Å²) >= 11 is 0. The minimum Gasteiger partial charge on any atom is -0.365 e. The molecule has 0 fully saturated rings. The minimum absolute atomic E-state index is 0.154. The fraction of sp³-hybridized carbons (Fsp3) is 0.0833. The standard InChI is InChI=1S/C24H21N5O/c30-24(23(19-7-3-1-4-8-19)20-9-5-2-6-10-20)27-22-12-11-21(28-29-22)26-17-18-13-15-25-16-14-18/h1-16,23H,17H2,(H,26,28)(H,27,29,30). The molecule has 30 heavy (non-hydrogen) atoms. The number of carbonyl (C=O) groups is 1. The maximum Gasteiger partial charge on any atom is 0.237 e. The van der Waals surface area contributed by atoms with E-state index < -0.39 is 5.92 Å². The Morgan fingerprint density at radius 3 is 1.87 bits per heavy atom. The third-order valence-electron chi connectivity index (χ3n) is 4.67. The number of benzene rings is 2. The second kappa shape index (κ2) is 9.43. The summed E-state index contributed by atoms with van der Waals surface area (Å²) in [4.78, 5) is 17.1. The van der Waals surface area contributed by atoms with E-state index in [4.69, 9.17) is 0 Å². The fourth-order valence-electron chi connectivity index (χ4n) is 3.17. The Bertz CT molecular complexity index is 1030. The van der Waals surface area contributed by atoms with Crippen molar-refractivity contribution in [2.24, 2.45) is 0 Å². The highest BCUT2D eigenvalue weighted by molar-refractivity contribution is 5.97. The Labute approximate surface area is 175 Å². The van der Waals surface area contributed by atoms with Gasteiger partial charge in [-0.3, -0.25) is 9.78 Å². The van der Waals surface area contributed by atoms with Crippen molar-refractivity contribution in [3.63, 3.8) is 0 Å². The lowest BCUT2D eigenvalue weighted by atomic mass is 9.90. The van der Waals surface area contributed by atoms with Crippen molar-refractivity contribution in [1.29, 1.82) is 0 Å². The number of carbonyl (C=O) groups excluding carboxylic acids is 1. The average Bonchev–Trinajstić information content (AvgIpc) is 2.81. The van der Waals surface area contributed by atoms with Gasteiger partial charge in [0, 0.05) is 18.9 Å². The molecular formula is C24H21N5O. The van der Waals surface area contributed by atoms with Crippen LogP contribution in [0.5, 0.6) is 0 Å². The molecule has 2 aromatic heterocycles. The van der Waals surface area contributed by atoms with Crippen molar-refractivity contribution >= 4 is 17.5 Å². The number of rotatable bonds is 7. The lowest BCUT2D eigenvalue weighted by Gasteiger charge is -2.17. The van der Waals surface area contributed by atoms with Crippen LogP contribution in [0.15, 0.2) is 97.3 Å². The molecule has 0 radical (unpaired) electrons. The molecule has 2 aromatic carbocycles. The van der Waals surface area contributed by atoms with Crippen LogP contribution in [0.1, 0.15) is 22.6 Å². The van der Waals surface area contributed by atoms with Crippen LogP contribution in [0.3, 0.4) is 0 Å². The molecule has 6 heteroatoms. The summed E-state index contributed by atoms with van der Waals surface area (Å²) in [6.07, 6.45) is 3.49. The number of hydrogen-bond acceptors (Lipinski definition) is 5. The van der Waals surface area contributed by atoms with Gasteiger partial charge in [-0.1, -0.05) is 60.7 Å². The highest BCUT2D eigenvalue weighted by atomic mass is 16.2. The van der Waals surface area contributed by atoms with Gasteiger partial charge in [-0.05, 0) is 41.0 Å². The molecule has 0 aliphatic carbocycles. The second-order valence-corrected chi connectivity index (χ2v) is 6.76. The molecule has 0 spiro atoms. The highest BCUT2D eigenvalue weighted by Crippen LogP contribution is 2.26. The van der Waals surface area contributed by atoms with Crippen LogP contribution in [-0.4, -0.2) is 21.1 Å². The van der Waals surface area contributed by atoms with Gasteiger partial charge in [0.05, 0.1) is 5.92 Å². The summed E-state index contributed by atoms with van der Waals surface area (Å²) in [5, 5.41) is 14.4. The molecule has 2 heterocycles. The second-order valence-electron chi connectivity index (χ2n) is 6.76. The minimum atomic E-state index is -0.432. The van der Waals surface area contributed by atoms with Crippen molar-refractivity contribution in [3.8, 4) is 0 Å². The van der Waals surface area contributed by atoms with E-state index >= 15 is 0 Å². The quantitative estimate of drug-likeness (QED) is 0.489. The lowest BCUT2D eigenvalue weighted by Crippen LogP contribution is -2.23. The SMILES string of the molecule is O=C(Nc1ccc(NCc2ccncc2)nn1)C(c1ccccc1)c1ccccc1. The molecule has 0 saturated carbocycles. The summed E-state index contributed by atoms with van der Waals surface area (Å²) < 4.78 is 0. The normalized spacial score (nSPS) is 10.6. The summed E-state index contributed by atoms with van der Waals surface area (Å²) in [6, 6.07) is 26.8. The molecule has 0 bridgehead atoms. The number of nitrogens with one attached hydrogen (secondary N) is 2. The number of hydrogen-bond donors (Lipinski definition) is 2. The Morgan fingerprint density at radius 1 is 0.733 bits per heavy atom. The fourth-order valence-corrected chi connectivity index (χ4v) is 3.17. The first-order chi connectivity index (χ1) is 14.8. The Morgan fingerprint density at radius 2 is 1.30 bits per heavy atom. The van der Waals surface area contributed by atoms with Crippen molar-refractivity contribution in [2.75, 3.05) is 10.6 Å². The zero-order chi connectivity index (χ0) is 20.6. The number of anilines is 2. The summed E-state index contributed by atoms with van der Waals surface area (Å²) in [6.45, 7) is 0.618. The predicted octanol–water partition coefficient (Wildman–Crippen LogP) is 4.25. The van der Waals surface area contributed by atoms with E-state index in [1.807, 2.05) is 72.8 Å². The van der Waals surface area contributed by atoms with Crippen molar-refractivity contribution < 1.29 is 4.79 Å². The molecule has 2 N–H and O–H groups in total. The molecule has 0 atom stereocenters. The first-order valence-corrected chi connectivity index (χ1v) is 9.67. The number of pyridine rings is 1. The van der Waals surface area contributed by atoms with Crippen LogP contribution in [0.25, 0.3) is 0 Å². The maximum atomic E-state index is 13.1. The highest BCUT2D eigenvalue weighted by Gasteiger charge is 2.23. The summed E-state index contributed by atoms with van der Waals surface area (Å²) in [5.74, 6) is 0.455.